The fourth-order valence-corrected chi connectivity index (χ4v) is 1.10. The van der Waals surface area contributed by atoms with E-state index in [-0.39, 0.29) is 18.6 Å². The molecule has 2 N–H and O–H groups in total. The highest BCUT2D eigenvalue weighted by molar-refractivity contribution is 7.80. The molecule has 1 amide bonds. The van der Waals surface area contributed by atoms with Gasteiger partial charge >= 0.3 is 0 Å². The molecule has 0 aliphatic heterocycles. The molecule has 0 aliphatic carbocycles. The Bertz CT molecular complexity index is 236. The van der Waals surface area contributed by atoms with Crippen LogP contribution in [0.5, 0.6) is 0 Å². The van der Waals surface area contributed by atoms with Crippen LogP contribution in [0.2, 0.25) is 0 Å². The minimum absolute atomic E-state index is 0.0539. The maximum absolute atomic E-state index is 11.5. The lowest BCUT2D eigenvalue weighted by atomic mass is 10.4. The number of carbonyl (C=O) groups excluding carboxylic acids is 1. The van der Waals surface area contributed by atoms with E-state index in [1.807, 2.05) is 6.92 Å². The first-order chi connectivity index (χ1) is 7.47. The second-order valence-electron chi connectivity index (χ2n) is 3.61. The Morgan fingerprint density at radius 3 is 2.69 bits per heavy atom. The Morgan fingerprint density at radius 2 is 2.19 bits per heavy atom. The molecule has 1 unspecified atom stereocenters. The number of likely N-dealkylation sites (N-methyl/N-ethyl adjacent to an activating group) is 1. The average molecular weight is 248 g/mol. The van der Waals surface area contributed by atoms with Crippen molar-refractivity contribution in [2.45, 2.75) is 19.4 Å². The molecule has 0 saturated heterocycles. The largest absolute Gasteiger partial charge is 0.393 e. The lowest BCUT2D eigenvalue weighted by Crippen LogP contribution is -2.34. The monoisotopic (exact) mass is 248 g/mol. The van der Waals surface area contributed by atoms with Crippen LogP contribution in [0.4, 0.5) is 0 Å². The first-order valence-corrected chi connectivity index (χ1v) is 5.51. The summed E-state index contributed by atoms with van der Waals surface area (Å²) in [4.78, 5) is 13.5. The molecule has 6 heteroatoms. The highest BCUT2D eigenvalue weighted by atomic mass is 32.1. The van der Waals surface area contributed by atoms with Gasteiger partial charge in [0.05, 0.1) is 17.7 Å². The van der Waals surface area contributed by atoms with E-state index in [1.54, 1.807) is 19.1 Å². The van der Waals surface area contributed by atoms with Crippen LogP contribution in [-0.4, -0.2) is 55.8 Å². The first-order valence-electron chi connectivity index (χ1n) is 5.10. The van der Waals surface area contributed by atoms with Crippen molar-refractivity contribution in [3.05, 3.63) is 0 Å². The molecule has 0 bridgehead atoms. The highest BCUT2D eigenvalue weighted by Gasteiger charge is 2.11. The van der Waals surface area contributed by atoms with Crippen molar-refractivity contribution >= 4 is 23.1 Å². The number of methoxy groups -OCH3 is 1. The van der Waals surface area contributed by atoms with E-state index in [0.29, 0.717) is 24.6 Å². The van der Waals surface area contributed by atoms with Crippen molar-refractivity contribution in [2.75, 3.05) is 33.9 Å². The summed E-state index contributed by atoms with van der Waals surface area (Å²) in [6, 6.07) is 0. The van der Waals surface area contributed by atoms with Gasteiger partial charge in [0.2, 0.25) is 5.91 Å². The van der Waals surface area contributed by atoms with E-state index in [4.69, 9.17) is 27.4 Å². The zero-order valence-corrected chi connectivity index (χ0v) is 10.9. The molecular weight excluding hydrogens is 228 g/mol. The van der Waals surface area contributed by atoms with E-state index in [1.165, 1.54) is 0 Å². The summed E-state index contributed by atoms with van der Waals surface area (Å²) >= 11 is 4.73. The van der Waals surface area contributed by atoms with Crippen LogP contribution >= 0.6 is 12.2 Å². The molecule has 0 spiro atoms. The Balaban J connectivity index is 3.74. The van der Waals surface area contributed by atoms with Gasteiger partial charge in [0.15, 0.2) is 0 Å². The van der Waals surface area contributed by atoms with Gasteiger partial charge in [0.25, 0.3) is 0 Å². The molecule has 94 valence electrons. The summed E-state index contributed by atoms with van der Waals surface area (Å²) < 4.78 is 10.2. The number of nitrogens with two attached hydrogens (primary N) is 1. The maximum atomic E-state index is 11.5. The topological polar surface area (TPSA) is 64.8 Å². The van der Waals surface area contributed by atoms with Crippen LogP contribution < -0.4 is 5.73 Å². The van der Waals surface area contributed by atoms with Gasteiger partial charge in [0, 0.05) is 27.1 Å². The number of hydrogen-bond acceptors (Lipinski definition) is 4. The van der Waals surface area contributed by atoms with E-state index in [9.17, 15) is 4.79 Å². The molecule has 0 fully saturated rings. The zero-order chi connectivity index (χ0) is 12.6. The second kappa shape index (κ2) is 8.43. The Morgan fingerprint density at radius 1 is 1.56 bits per heavy atom. The fraction of sp³-hybridized carbons (Fsp3) is 0.800. The van der Waals surface area contributed by atoms with Crippen LogP contribution in [0, 0.1) is 0 Å². The summed E-state index contributed by atoms with van der Waals surface area (Å²) in [5.74, 6) is -0.0841. The SMILES string of the molecule is COCC(C)OCC(=O)N(C)CCC(N)=S. The highest BCUT2D eigenvalue weighted by Crippen LogP contribution is 1.95. The summed E-state index contributed by atoms with van der Waals surface area (Å²) in [6.07, 6.45) is 0.448. The van der Waals surface area contributed by atoms with Crippen molar-refractivity contribution in [1.29, 1.82) is 0 Å². The van der Waals surface area contributed by atoms with Crippen molar-refractivity contribution in [3.63, 3.8) is 0 Å². The van der Waals surface area contributed by atoms with Gasteiger partial charge in [0.1, 0.15) is 6.61 Å². The van der Waals surface area contributed by atoms with Gasteiger partial charge in [-0.05, 0) is 6.92 Å². The van der Waals surface area contributed by atoms with Crippen molar-refractivity contribution in [3.8, 4) is 0 Å². The molecule has 0 saturated carbocycles. The number of thiocarbonyl (C=S) groups is 1. The number of nitrogens with zero attached hydrogens (tertiary/aromatic N) is 1. The molecule has 0 rings (SSSR count). The second-order valence-corrected chi connectivity index (χ2v) is 4.13. The normalized spacial score (nSPS) is 12.2. The lowest BCUT2D eigenvalue weighted by molar-refractivity contribution is -0.137. The van der Waals surface area contributed by atoms with Crippen LogP contribution in [0.3, 0.4) is 0 Å². The van der Waals surface area contributed by atoms with Gasteiger partial charge in [-0.15, -0.1) is 0 Å². The maximum Gasteiger partial charge on any atom is 0.248 e. The molecule has 0 heterocycles. The Labute approximate surface area is 102 Å². The van der Waals surface area contributed by atoms with E-state index < -0.39 is 0 Å². The van der Waals surface area contributed by atoms with Crippen molar-refractivity contribution in [1.82, 2.24) is 4.90 Å². The predicted octanol–water partition coefficient (Wildman–Crippen LogP) is 0.173. The fourth-order valence-electron chi connectivity index (χ4n) is 1.01. The van der Waals surface area contributed by atoms with Crippen LogP contribution in [0.15, 0.2) is 0 Å². The quantitative estimate of drug-likeness (QED) is 0.620. The lowest BCUT2D eigenvalue weighted by Gasteiger charge is -2.18. The first kappa shape index (κ1) is 15.3. The molecule has 0 radical (unpaired) electrons. The molecule has 0 aliphatic rings. The van der Waals surface area contributed by atoms with Crippen LogP contribution in [-0.2, 0) is 14.3 Å². The van der Waals surface area contributed by atoms with E-state index in [0.717, 1.165) is 0 Å². The van der Waals surface area contributed by atoms with Gasteiger partial charge in [-0.1, -0.05) is 12.2 Å². The van der Waals surface area contributed by atoms with Gasteiger partial charge in [-0.2, -0.15) is 0 Å². The third kappa shape index (κ3) is 7.56. The van der Waals surface area contributed by atoms with Crippen LogP contribution in [0.1, 0.15) is 13.3 Å². The number of amides is 1. The molecule has 5 nitrogen and oxygen atoms in total. The minimum atomic E-state index is -0.0852. The van der Waals surface area contributed by atoms with E-state index >= 15 is 0 Å². The summed E-state index contributed by atoms with van der Waals surface area (Å²) in [7, 11) is 3.29. The van der Waals surface area contributed by atoms with E-state index in [2.05, 4.69) is 0 Å². The Hall–Kier alpha value is -0.720. The summed E-state index contributed by atoms with van der Waals surface area (Å²) in [5.41, 5.74) is 5.35. The van der Waals surface area contributed by atoms with Gasteiger partial charge in [-0.3, -0.25) is 4.79 Å². The predicted molar refractivity (Wildman–Crippen MR) is 66.3 cm³/mol. The molecule has 16 heavy (non-hydrogen) atoms. The summed E-state index contributed by atoms with van der Waals surface area (Å²) in [6.45, 7) is 2.91. The minimum Gasteiger partial charge on any atom is -0.393 e. The van der Waals surface area contributed by atoms with Crippen molar-refractivity contribution < 1.29 is 14.3 Å². The third-order valence-corrected chi connectivity index (χ3v) is 2.22. The molecule has 0 aromatic carbocycles. The smallest absolute Gasteiger partial charge is 0.248 e. The number of carbonyl (C=O) groups is 1. The number of hydrogen-bond donors (Lipinski definition) is 1. The average Bonchev–Trinajstić information content (AvgIpc) is 2.22. The van der Waals surface area contributed by atoms with Gasteiger partial charge < -0.3 is 20.1 Å². The molecule has 0 aromatic heterocycles. The Kier molecular flexibility index (Phi) is 8.05. The number of rotatable bonds is 8. The standard InChI is InChI=1S/C10H20N2O3S/c1-8(6-14-3)15-7-10(13)12(2)5-4-9(11)16/h8H,4-7H2,1-3H3,(H2,11,16). The van der Waals surface area contributed by atoms with Gasteiger partial charge in [-0.25, -0.2) is 0 Å². The third-order valence-electron chi connectivity index (χ3n) is 2.01. The number of ether oxygens (including phenoxy) is 2. The van der Waals surface area contributed by atoms with Crippen molar-refractivity contribution in [2.24, 2.45) is 5.73 Å². The molecule has 0 aromatic rings. The summed E-state index contributed by atoms with van der Waals surface area (Å²) in [5, 5.41) is 0. The molecular formula is C10H20N2O3S. The zero-order valence-electron chi connectivity index (χ0n) is 10.1. The van der Waals surface area contributed by atoms with Crippen LogP contribution in [0.25, 0.3) is 0 Å². The molecule has 1 atom stereocenters.